The van der Waals surface area contributed by atoms with E-state index in [1.807, 2.05) is 0 Å². The molecule has 0 bridgehead atoms. The molecule has 0 aliphatic rings. The second-order valence-corrected chi connectivity index (χ2v) is 10.1. The van der Waals surface area contributed by atoms with Crippen molar-refractivity contribution in [2.45, 2.75) is 0 Å². The SMILES string of the molecule is CS(=O)(=O)Nc1ccc(C(=O)c2ccc(Cl)cc2)cc1C(=O)Nc1cc(Cl)c(Cl)c(Cl)c1. The summed E-state index contributed by atoms with van der Waals surface area (Å²) < 4.78 is 25.8. The van der Waals surface area contributed by atoms with Gasteiger partial charge in [0.15, 0.2) is 5.78 Å². The molecule has 3 aromatic carbocycles. The molecule has 6 nitrogen and oxygen atoms in total. The molecule has 0 saturated carbocycles. The van der Waals surface area contributed by atoms with Crippen LogP contribution in [-0.2, 0) is 10.0 Å². The van der Waals surface area contributed by atoms with E-state index in [1.165, 1.54) is 30.3 Å². The smallest absolute Gasteiger partial charge is 0.257 e. The zero-order chi connectivity index (χ0) is 23.6. The van der Waals surface area contributed by atoms with Crippen molar-refractivity contribution >= 4 is 79.5 Å². The molecular formula is C21H14Cl4N2O4S. The second kappa shape index (κ2) is 9.68. The van der Waals surface area contributed by atoms with Gasteiger partial charge in [-0.1, -0.05) is 46.4 Å². The minimum Gasteiger partial charge on any atom is -0.322 e. The van der Waals surface area contributed by atoms with Crippen molar-refractivity contribution in [2.24, 2.45) is 0 Å². The van der Waals surface area contributed by atoms with Crippen LogP contribution in [0.4, 0.5) is 11.4 Å². The molecule has 0 aliphatic carbocycles. The monoisotopic (exact) mass is 530 g/mol. The largest absolute Gasteiger partial charge is 0.322 e. The number of benzene rings is 3. The lowest BCUT2D eigenvalue weighted by Crippen LogP contribution is -2.18. The summed E-state index contributed by atoms with van der Waals surface area (Å²) >= 11 is 23.8. The molecule has 0 fully saturated rings. The van der Waals surface area contributed by atoms with E-state index in [1.54, 1.807) is 24.3 Å². The lowest BCUT2D eigenvalue weighted by atomic mass is 10.00. The van der Waals surface area contributed by atoms with Gasteiger partial charge in [0.25, 0.3) is 5.91 Å². The highest BCUT2D eigenvalue weighted by atomic mass is 35.5. The Morgan fingerprint density at radius 2 is 1.38 bits per heavy atom. The van der Waals surface area contributed by atoms with Gasteiger partial charge in [-0.2, -0.15) is 0 Å². The molecule has 0 unspecified atom stereocenters. The molecule has 2 N–H and O–H groups in total. The van der Waals surface area contributed by atoms with Crippen LogP contribution in [0.2, 0.25) is 20.1 Å². The fourth-order valence-electron chi connectivity index (χ4n) is 2.76. The Kier molecular flexibility index (Phi) is 7.37. The number of ketones is 1. The highest BCUT2D eigenvalue weighted by Crippen LogP contribution is 2.33. The maximum absolute atomic E-state index is 13.0. The third-order valence-corrected chi connectivity index (χ3v) is 6.21. The van der Waals surface area contributed by atoms with Gasteiger partial charge in [0.05, 0.1) is 32.6 Å². The van der Waals surface area contributed by atoms with Crippen LogP contribution in [0.5, 0.6) is 0 Å². The van der Waals surface area contributed by atoms with Crippen molar-refractivity contribution < 1.29 is 18.0 Å². The summed E-state index contributed by atoms with van der Waals surface area (Å²) in [6.45, 7) is 0. The molecule has 0 aliphatic heterocycles. The lowest BCUT2D eigenvalue weighted by Gasteiger charge is -2.14. The number of amides is 1. The van der Waals surface area contributed by atoms with Gasteiger partial charge in [0, 0.05) is 21.8 Å². The highest BCUT2D eigenvalue weighted by molar-refractivity contribution is 7.92. The molecule has 0 spiro atoms. The summed E-state index contributed by atoms with van der Waals surface area (Å²) in [6, 6.07) is 13.0. The average Bonchev–Trinajstić information content (AvgIpc) is 2.71. The van der Waals surface area contributed by atoms with E-state index in [-0.39, 0.29) is 43.4 Å². The number of hydrogen-bond acceptors (Lipinski definition) is 4. The van der Waals surface area contributed by atoms with Crippen LogP contribution >= 0.6 is 46.4 Å². The number of nitrogens with one attached hydrogen (secondary N) is 2. The van der Waals surface area contributed by atoms with Crippen LogP contribution < -0.4 is 10.0 Å². The van der Waals surface area contributed by atoms with Crippen molar-refractivity contribution in [2.75, 3.05) is 16.3 Å². The zero-order valence-corrected chi connectivity index (χ0v) is 20.1. The van der Waals surface area contributed by atoms with Crippen LogP contribution in [0.3, 0.4) is 0 Å². The Morgan fingerprint density at radius 1 is 0.812 bits per heavy atom. The molecule has 32 heavy (non-hydrogen) atoms. The molecule has 0 atom stereocenters. The molecule has 0 aromatic heterocycles. The fourth-order valence-corrected chi connectivity index (χ4v) is 4.06. The lowest BCUT2D eigenvalue weighted by molar-refractivity contribution is 0.102. The Bertz CT molecular complexity index is 1300. The zero-order valence-electron chi connectivity index (χ0n) is 16.2. The molecule has 11 heteroatoms. The number of hydrogen-bond donors (Lipinski definition) is 2. The quantitative estimate of drug-likeness (QED) is 0.294. The van der Waals surface area contributed by atoms with E-state index in [2.05, 4.69) is 10.0 Å². The average molecular weight is 532 g/mol. The van der Waals surface area contributed by atoms with E-state index in [0.29, 0.717) is 10.6 Å². The van der Waals surface area contributed by atoms with Gasteiger partial charge in [-0.05, 0) is 54.6 Å². The van der Waals surface area contributed by atoms with Crippen LogP contribution in [0.15, 0.2) is 54.6 Å². The summed E-state index contributed by atoms with van der Waals surface area (Å²) in [6.07, 6.45) is 0.945. The normalized spacial score (nSPS) is 11.2. The number of rotatable bonds is 6. The van der Waals surface area contributed by atoms with E-state index in [9.17, 15) is 18.0 Å². The summed E-state index contributed by atoms with van der Waals surface area (Å²) in [5.41, 5.74) is 0.653. The van der Waals surface area contributed by atoms with Crippen LogP contribution in [0.25, 0.3) is 0 Å². The summed E-state index contributed by atoms with van der Waals surface area (Å²) in [5.74, 6) is -1.07. The molecule has 0 radical (unpaired) electrons. The molecule has 0 heterocycles. The van der Waals surface area contributed by atoms with E-state index in [4.69, 9.17) is 46.4 Å². The van der Waals surface area contributed by atoms with Crippen molar-refractivity contribution in [1.29, 1.82) is 0 Å². The minimum absolute atomic E-state index is 0.0104. The molecule has 166 valence electrons. The number of anilines is 2. The Labute approximate surface area is 204 Å². The van der Waals surface area contributed by atoms with Gasteiger partial charge in [0.1, 0.15) is 0 Å². The van der Waals surface area contributed by atoms with Crippen LogP contribution in [0.1, 0.15) is 26.3 Å². The van der Waals surface area contributed by atoms with Gasteiger partial charge >= 0.3 is 0 Å². The highest BCUT2D eigenvalue weighted by Gasteiger charge is 2.19. The van der Waals surface area contributed by atoms with Gasteiger partial charge in [-0.3, -0.25) is 14.3 Å². The van der Waals surface area contributed by atoms with E-state index in [0.717, 1.165) is 6.26 Å². The third-order valence-electron chi connectivity index (χ3n) is 4.17. The van der Waals surface area contributed by atoms with E-state index >= 15 is 0 Å². The second-order valence-electron chi connectivity index (χ2n) is 6.68. The summed E-state index contributed by atoms with van der Waals surface area (Å²) in [5, 5.41) is 3.41. The first-order valence-corrected chi connectivity index (χ1v) is 12.2. The topological polar surface area (TPSA) is 92.3 Å². The Morgan fingerprint density at radius 3 is 1.94 bits per heavy atom. The number of halogens is 4. The Hall–Kier alpha value is -2.29. The summed E-state index contributed by atoms with van der Waals surface area (Å²) in [4.78, 5) is 25.8. The maximum atomic E-state index is 13.0. The molecule has 0 saturated heterocycles. The predicted octanol–water partition coefficient (Wildman–Crippen LogP) is 6.16. The standard InChI is InChI=1S/C21H14Cl4N2O4S/c1-32(30,31)27-18-7-4-12(20(28)11-2-5-13(22)6-3-11)8-15(18)21(29)26-14-9-16(23)19(25)17(24)10-14/h2-10,27H,1H3,(H,26,29). The van der Waals surface area contributed by atoms with Crippen LogP contribution in [-0.4, -0.2) is 26.4 Å². The first kappa shape index (κ1) is 24.4. The van der Waals surface area contributed by atoms with Crippen molar-refractivity contribution in [1.82, 2.24) is 0 Å². The molecular weight excluding hydrogens is 518 g/mol. The number of carbonyl (C=O) groups is 2. The summed E-state index contributed by atoms with van der Waals surface area (Å²) in [7, 11) is -3.70. The number of carbonyl (C=O) groups excluding carboxylic acids is 2. The first-order chi connectivity index (χ1) is 14.9. The van der Waals surface area contributed by atoms with Gasteiger partial charge in [0.2, 0.25) is 10.0 Å². The minimum atomic E-state index is -3.70. The van der Waals surface area contributed by atoms with Gasteiger partial charge < -0.3 is 5.32 Å². The number of sulfonamides is 1. The molecule has 3 aromatic rings. The van der Waals surface area contributed by atoms with Crippen molar-refractivity contribution in [3.8, 4) is 0 Å². The molecule has 3 rings (SSSR count). The Balaban J connectivity index is 2.02. The van der Waals surface area contributed by atoms with Gasteiger partial charge in [-0.25, -0.2) is 8.42 Å². The van der Waals surface area contributed by atoms with E-state index < -0.39 is 15.9 Å². The first-order valence-electron chi connectivity index (χ1n) is 8.82. The fraction of sp³-hybridized carbons (Fsp3) is 0.0476. The van der Waals surface area contributed by atoms with Crippen molar-refractivity contribution in [3.05, 3.63) is 91.4 Å². The van der Waals surface area contributed by atoms with Gasteiger partial charge in [-0.15, -0.1) is 0 Å². The maximum Gasteiger partial charge on any atom is 0.257 e. The predicted molar refractivity (Wildman–Crippen MR) is 129 cm³/mol. The van der Waals surface area contributed by atoms with Crippen molar-refractivity contribution in [3.63, 3.8) is 0 Å². The third kappa shape index (κ3) is 5.94. The van der Waals surface area contributed by atoms with Crippen LogP contribution in [0, 0.1) is 0 Å². The molecule has 1 amide bonds.